The minimum atomic E-state index is -0.695. The Bertz CT molecular complexity index is 1380. The maximum Gasteiger partial charge on any atom is 0.324 e. The zero-order valence-electron chi connectivity index (χ0n) is 18.6. The van der Waals surface area contributed by atoms with Crippen molar-refractivity contribution in [1.82, 2.24) is 24.9 Å². The van der Waals surface area contributed by atoms with Gasteiger partial charge in [-0.2, -0.15) is 5.10 Å². The van der Waals surface area contributed by atoms with Gasteiger partial charge in [0.1, 0.15) is 23.5 Å². The molecule has 0 aliphatic heterocycles. The summed E-state index contributed by atoms with van der Waals surface area (Å²) in [7, 11) is 0. The molecule has 4 aromatic rings. The molecule has 0 spiro atoms. The van der Waals surface area contributed by atoms with Crippen molar-refractivity contribution < 1.29 is 14.0 Å². The molecule has 34 heavy (non-hydrogen) atoms. The van der Waals surface area contributed by atoms with E-state index in [0.717, 1.165) is 12.1 Å². The summed E-state index contributed by atoms with van der Waals surface area (Å²) in [6, 6.07) is 8.74. The first-order valence-corrected chi connectivity index (χ1v) is 10.6. The van der Waals surface area contributed by atoms with Gasteiger partial charge in [-0.05, 0) is 43.2 Å². The van der Waals surface area contributed by atoms with Crippen molar-refractivity contribution in [3.05, 3.63) is 66.0 Å². The third-order valence-corrected chi connectivity index (χ3v) is 5.02. The van der Waals surface area contributed by atoms with Crippen molar-refractivity contribution in [2.75, 3.05) is 22.9 Å². The number of benzene rings is 1. The average molecular weight is 462 g/mol. The average Bonchev–Trinajstić information content (AvgIpc) is 3.20. The standard InChI is InChI=1S/C23H23FN8O2/c1-3-9-26-22(33)15-11-32-20(21(25)27-12-28-32)19(15)14-7-8-17(16(24)10-14)30-23(34)31-18-6-4-5-13(2)29-18/h4-8,10-12H,3,9H2,1-2H3,(H,26,33)(H2,25,27,28)(H2,29,30,31,34). The molecule has 174 valence electrons. The second-order valence-electron chi connectivity index (χ2n) is 7.55. The van der Waals surface area contributed by atoms with Crippen LogP contribution in [0.4, 0.5) is 26.5 Å². The van der Waals surface area contributed by atoms with Gasteiger partial charge in [0, 0.05) is 24.0 Å². The summed E-state index contributed by atoms with van der Waals surface area (Å²) in [5, 5.41) is 12.0. The number of nitrogens with one attached hydrogen (secondary N) is 3. The number of aryl methyl sites for hydroxylation is 1. The molecular formula is C23H23FN8O2. The van der Waals surface area contributed by atoms with E-state index >= 15 is 4.39 Å². The van der Waals surface area contributed by atoms with Crippen molar-refractivity contribution in [3.63, 3.8) is 0 Å². The Morgan fingerprint density at radius 2 is 2.00 bits per heavy atom. The number of halogens is 1. The van der Waals surface area contributed by atoms with E-state index in [1.165, 1.54) is 29.2 Å². The van der Waals surface area contributed by atoms with Gasteiger partial charge in [-0.3, -0.25) is 10.1 Å². The van der Waals surface area contributed by atoms with Gasteiger partial charge in [0.25, 0.3) is 5.91 Å². The van der Waals surface area contributed by atoms with Gasteiger partial charge in [0.2, 0.25) is 0 Å². The highest BCUT2D eigenvalue weighted by Gasteiger charge is 2.22. The highest BCUT2D eigenvalue weighted by atomic mass is 19.1. The predicted molar refractivity (Wildman–Crippen MR) is 127 cm³/mol. The van der Waals surface area contributed by atoms with E-state index < -0.39 is 11.8 Å². The maximum atomic E-state index is 15.0. The Morgan fingerprint density at radius 3 is 2.74 bits per heavy atom. The summed E-state index contributed by atoms with van der Waals surface area (Å²) in [4.78, 5) is 33.3. The smallest absolute Gasteiger partial charge is 0.324 e. The predicted octanol–water partition coefficient (Wildman–Crippen LogP) is 3.60. The third-order valence-electron chi connectivity index (χ3n) is 5.02. The molecule has 0 saturated heterocycles. The second kappa shape index (κ2) is 9.53. The van der Waals surface area contributed by atoms with Crippen LogP contribution in [0.2, 0.25) is 0 Å². The number of nitrogens with two attached hydrogens (primary N) is 1. The lowest BCUT2D eigenvalue weighted by Crippen LogP contribution is -2.24. The first-order chi connectivity index (χ1) is 16.4. The molecule has 0 bridgehead atoms. The van der Waals surface area contributed by atoms with Crippen LogP contribution in [0.15, 0.2) is 48.9 Å². The van der Waals surface area contributed by atoms with E-state index in [2.05, 4.69) is 31.0 Å². The molecule has 0 unspecified atom stereocenters. The fraction of sp³-hybridized carbons (Fsp3) is 0.174. The van der Waals surface area contributed by atoms with Crippen molar-refractivity contribution in [2.24, 2.45) is 0 Å². The molecule has 0 aliphatic rings. The van der Waals surface area contributed by atoms with Gasteiger partial charge >= 0.3 is 6.03 Å². The lowest BCUT2D eigenvalue weighted by Gasteiger charge is -2.11. The quantitative estimate of drug-likeness (QED) is 0.345. The molecular weight excluding hydrogens is 439 g/mol. The summed E-state index contributed by atoms with van der Waals surface area (Å²) >= 11 is 0. The largest absolute Gasteiger partial charge is 0.382 e. The molecule has 0 saturated carbocycles. The number of carbonyl (C=O) groups is 2. The number of rotatable bonds is 6. The second-order valence-corrected chi connectivity index (χ2v) is 7.55. The highest BCUT2D eigenvalue weighted by molar-refractivity contribution is 6.07. The molecule has 0 radical (unpaired) electrons. The summed E-state index contributed by atoms with van der Waals surface area (Å²) in [5.41, 5.74) is 8.19. The first kappa shape index (κ1) is 22.6. The lowest BCUT2D eigenvalue weighted by molar-refractivity contribution is 0.0954. The minimum absolute atomic E-state index is 0.0429. The molecule has 3 aromatic heterocycles. The zero-order chi connectivity index (χ0) is 24.2. The van der Waals surface area contributed by atoms with Crippen LogP contribution in [0.1, 0.15) is 29.4 Å². The van der Waals surface area contributed by atoms with Crippen LogP contribution in [-0.2, 0) is 0 Å². The Morgan fingerprint density at radius 1 is 1.18 bits per heavy atom. The van der Waals surface area contributed by atoms with Crippen LogP contribution in [0.25, 0.3) is 16.6 Å². The van der Waals surface area contributed by atoms with Gasteiger partial charge in [-0.15, -0.1) is 0 Å². The Hall–Kier alpha value is -4.54. The van der Waals surface area contributed by atoms with E-state index in [0.29, 0.717) is 29.0 Å². The topological polar surface area (TPSA) is 139 Å². The number of carbonyl (C=O) groups excluding carboxylic acids is 2. The van der Waals surface area contributed by atoms with Crippen molar-refractivity contribution >= 4 is 34.8 Å². The number of nitrogen functional groups attached to an aromatic ring is 1. The van der Waals surface area contributed by atoms with Crippen LogP contribution in [0.3, 0.4) is 0 Å². The molecule has 4 rings (SSSR count). The van der Waals surface area contributed by atoms with Gasteiger partial charge in [-0.25, -0.2) is 23.7 Å². The van der Waals surface area contributed by atoms with E-state index in [9.17, 15) is 9.59 Å². The lowest BCUT2D eigenvalue weighted by atomic mass is 10.0. The number of amides is 3. The molecule has 3 heterocycles. The minimum Gasteiger partial charge on any atom is -0.382 e. The number of hydrogen-bond acceptors (Lipinski definition) is 6. The van der Waals surface area contributed by atoms with Crippen LogP contribution in [0.5, 0.6) is 0 Å². The number of anilines is 3. The summed E-state index contributed by atoms with van der Waals surface area (Å²) in [6.07, 6.45) is 3.56. The molecule has 0 atom stereocenters. The Balaban J connectivity index is 1.66. The van der Waals surface area contributed by atoms with Crippen LogP contribution in [0, 0.1) is 12.7 Å². The number of pyridine rings is 1. The first-order valence-electron chi connectivity index (χ1n) is 10.6. The SMILES string of the molecule is CCCNC(=O)c1cn2ncnc(N)c2c1-c1ccc(NC(=O)Nc2cccc(C)n2)c(F)c1. The Kier molecular flexibility index (Phi) is 6.35. The molecule has 1 aromatic carbocycles. The van der Waals surface area contributed by atoms with E-state index in [4.69, 9.17) is 5.73 Å². The fourth-order valence-electron chi connectivity index (χ4n) is 3.49. The van der Waals surface area contributed by atoms with Crippen molar-refractivity contribution in [1.29, 1.82) is 0 Å². The molecule has 10 nitrogen and oxygen atoms in total. The monoisotopic (exact) mass is 462 g/mol. The van der Waals surface area contributed by atoms with Crippen LogP contribution < -0.4 is 21.7 Å². The van der Waals surface area contributed by atoms with Crippen molar-refractivity contribution in [3.8, 4) is 11.1 Å². The number of hydrogen-bond donors (Lipinski definition) is 4. The van der Waals surface area contributed by atoms with Crippen LogP contribution in [-0.4, -0.2) is 38.1 Å². The number of nitrogens with zero attached hydrogens (tertiary/aromatic N) is 4. The van der Waals surface area contributed by atoms with Gasteiger partial charge in [-0.1, -0.05) is 19.1 Å². The van der Waals surface area contributed by atoms with E-state index in [1.54, 1.807) is 31.2 Å². The molecule has 0 fully saturated rings. The maximum absolute atomic E-state index is 15.0. The molecule has 5 N–H and O–H groups in total. The summed E-state index contributed by atoms with van der Waals surface area (Å²) < 4.78 is 16.4. The number of aromatic nitrogens is 4. The molecule has 11 heteroatoms. The number of urea groups is 1. The highest BCUT2D eigenvalue weighted by Crippen LogP contribution is 2.34. The molecule has 0 aliphatic carbocycles. The summed E-state index contributed by atoms with van der Waals surface area (Å²) in [6.45, 7) is 4.21. The zero-order valence-corrected chi connectivity index (χ0v) is 18.6. The molecule has 3 amide bonds. The summed E-state index contributed by atoms with van der Waals surface area (Å²) in [5.74, 6) is -0.547. The fourth-order valence-corrected chi connectivity index (χ4v) is 3.49. The van der Waals surface area contributed by atoms with Gasteiger partial charge < -0.3 is 16.4 Å². The van der Waals surface area contributed by atoms with E-state index in [1.807, 2.05) is 6.92 Å². The van der Waals surface area contributed by atoms with E-state index in [-0.39, 0.29) is 23.0 Å². The normalized spacial score (nSPS) is 10.8. The van der Waals surface area contributed by atoms with Crippen molar-refractivity contribution in [2.45, 2.75) is 20.3 Å². The van der Waals surface area contributed by atoms with Gasteiger partial charge in [0.05, 0.1) is 11.3 Å². The number of fused-ring (bicyclic) bond motifs is 1. The van der Waals surface area contributed by atoms with Crippen LogP contribution >= 0.6 is 0 Å². The third kappa shape index (κ3) is 4.63. The Labute approximate surface area is 194 Å². The van der Waals surface area contributed by atoms with Gasteiger partial charge in [0.15, 0.2) is 5.82 Å².